The molecule has 0 amide bonds. The van der Waals surface area contributed by atoms with Gasteiger partial charge in [0.05, 0.1) is 5.52 Å². The first kappa shape index (κ1) is 9.03. The van der Waals surface area contributed by atoms with Crippen LogP contribution in [0.4, 0.5) is 0 Å². The lowest BCUT2D eigenvalue weighted by Crippen LogP contribution is -2.17. The SMILES string of the molecule is Cn1ccn2c(cc3ccc(O)cc32)c1=O. The van der Waals surface area contributed by atoms with E-state index in [4.69, 9.17) is 0 Å². The molecular weight excluding hydrogens is 204 g/mol. The third-order valence-corrected chi connectivity index (χ3v) is 2.80. The number of benzene rings is 1. The summed E-state index contributed by atoms with van der Waals surface area (Å²) >= 11 is 0. The number of phenols is 1. The van der Waals surface area contributed by atoms with Crippen LogP contribution in [-0.4, -0.2) is 14.1 Å². The summed E-state index contributed by atoms with van der Waals surface area (Å²) in [6.07, 6.45) is 3.53. The quantitative estimate of drug-likeness (QED) is 0.616. The second kappa shape index (κ2) is 2.88. The van der Waals surface area contributed by atoms with E-state index in [9.17, 15) is 9.90 Å². The lowest BCUT2D eigenvalue weighted by Gasteiger charge is -1.99. The fourth-order valence-electron chi connectivity index (χ4n) is 1.95. The summed E-state index contributed by atoms with van der Waals surface area (Å²) in [5.41, 5.74) is 1.41. The van der Waals surface area contributed by atoms with Gasteiger partial charge >= 0.3 is 0 Å². The first-order valence-electron chi connectivity index (χ1n) is 4.96. The number of hydrogen-bond donors (Lipinski definition) is 1. The Balaban J connectivity index is 2.61. The van der Waals surface area contributed by atoms with Gasteiger partial charge in [0.1, 0.15) is 11.3 Å². The average Bonchev–Trinajstić information content (AvgIpc) is 2.62. The molecule has 1 aromatic carbocycles. The molecule has 1 N–H and O–H groups in total. The molecule has 0 fully saturated rings. The number of aromatic nitrogens is 2. The van der Waals surface area contributed by atoms with Gasteiger partial charge in [0.25, 0.3) is 5.56 Å². The molecule has 4 heteroatoms. The Bertz CT molecular complexity index is 753. The molecule has 0 saturated heterocycles. The summed E-state index contributed by atoms with van der Waals surface area (Å²) in [6.45, 7) is 0. The zero-order valence-electron chi connectivity index (χ0n) is 8.71. The highest BCUT2D eigenvalue weighted by atomic mass is 16.3. The highest BCUT2D eigenvalue weighted by molar-refractivity contribution is 5.87. The maximum absolute atomic E-state index is 11.9. The van der Waals surface area contributed by atoms with Crippen molar-refractivity contribution in [2.24, 2.45) is 7.05 Å². The molecule has 0 atom stereocenters. The zero-order valence-corrected chi connectivity index (χ0v) is 8.71. The second-order valence-corrected chi connectivity index (χ2v) is 3.86. The van der Waals surface area contributed by atoms with E-state index < -0.39 is 0 Å². The van der Waals surface area contributed by atoms with Crippen LogP contribution in [0.2, 0.25) is 0 Å². The summed E-state index contributed by atoms with van der Waals surface area (Å²) in [6, 6.07) is 6.90. The topological polar surface area (TPSA) is 46.6 Å². The number of nitrogens with zero attached hydrogens (tertiary/aromatic N) is 2. The molecule has 0 unspecified atom stereocenters. The van der Waals surface area contributed by atoms with Crippen LogP contribution in [-0.2, 0) is 7.05 Å². The maximum Gasteiger partial charge on any atom is 0.274 e. The van der Waals surface area contributed by atoms with Crippen molar-refractivity contribution in [3.63, 3.8) is 0 Å². The van der Waals surface area contributed by atoms with Crippen LogP contribution in [0, 0.1) is 0 Å². The van der Waals surface area contributed by atoms with E-state index in [2.05, 4.69) is 0 Å². The molecule has 3 aromatic rings. The highest BCUT2D eigenvalue weighted by Crippen LogP contribution is 2.22. The largest absolute Gasteiger partial charge is 0.508 e. The average molecular weight is 214 g/mol. The van der Waals surface area contributed by atoms with Crippen molar-refractivity contribution in [3.8, 4) is 5.75 Å². The minimum Gasteiger partial charge on any atom is -0.508 e. The molecule has 0 saturated carbocycles. The molecule has 16 heavy (non-hydrogen) atoms. The molecule has 2 heterocycles. The first-order chi connectivity index (χ1) is 7.66. The summed E-state index contributed by atoms with van der Waals surface area (Å²) in [7, 11) is 1.72. The molecule has 0 aliphatic rings. The number of aryl methyl sites for hydroxylation is 1. The number of phenolic OH excluding ortho intramolecular Hbond substituents is 1. The normalized spacial score (nSPS) is 11.3. The number of hydrogen-bond acceptors (Lipinski definition) is 2. The highest BCUT2D eigenvalue weighted by Gasteiger charge is 2.06. The number of aromatic hydroxyl groups is 1. The van der Waals surface area contributed by atoms with Gasteiger partial charge < -0.3 is 14.1 Å². The minimum absolute atomic E-state index is 0.0433. The van der Waals surface area contributed by atoms with E-state index >= 15 is 0 Å². The monoisotopic (exact) mass is 214 g/mol. The second-order valence-electron chi connectivity index (χ2n) is 3.86. The minimum atomic E-state index is -0.0433. The van der Waals surface area contributed by atoms with Crippen molar-refractivity contribution < 1.29 is 5.11 Å². The van der Waals surface area contributed by atoms with Gasteiger partial charge in [-0.1, -0.05) is 0 Å². The summed E-state index contributed by atoms with van der Waals surface area (Å²) in [5.74, 6) is 0.202. The van der Waals surface area contributed by atoms with Crippen molar-refractivity contribution in [1.82, 2.24) is 8.97 Å². The van der Waals surface area contributed by atoms with Gasteiger partial charge in [-0.3, -0.25) is 4.79 Å². The maximum atomic E-state index is 11.9. The Hall–Kier alpha value is -2.23. The summed E-state index contributed by atoms with van der Waals surface area (Å²) < 4.78 is 3.32. The molecule has 0 radical (unpaired) electrons. The first-order valence-corrected chi connectivity index (χ1v) is 4.96. The van der Waals surface area contributed by atoms with E-state index in [1.165, 1.54) is 4.57 Å². The fraction of sp³-hybridized carbons (Fsp3) is 0.0833. The third kappa shape index (κ3) is 1.07. The van der Waals surface area contributed by atoms with Crippen molar-refractivity contribution in [2.45, 2.75) is 0 Å². The predicted octanol–water partition coefficient (Wildman–Crippen LogP) is 1.50. The molecule has 0 spiro atoms. The van der Waals surface area contributed by atoms with Crippen LogP contribution in [0.15, 0.2) is 41.5 Å². The van der Waals surface area contributed by atoms with Gasteiger partial charge in [-0.15, -0.1) is 0 Å². The van der Waals surface area contributed by atoms with Crippen molar-refractivity contribution in [3.05, 3.63) is 47.0 Å². The smallest absolute Gasteiger partial charge is 0.274 e. The van der Waals surface area contributed by atoms with Gasteiger partial charge in [-0.05, 0) is 18.2 Å². The zero-order chi connectivity index (χ0) is 11.3. The molecule has 4 nitrogen and oxygen atoms in total. The van der Waals surface area contributed by atoms with E-state index in [0.717, 1.165) is 10.9 Å². The van der Waals surface area contributed by atoms with E-state index in [1.54, 1.807) is 35.8 Å². The van der Waals surface area contributed by atoms with Crippen LogP contribution in [0.3, 0.4) is 0 Å². The Kier molecular flexibility index (Phi) is 1.63. The molecule has 80 valence electrons. The molecule has 0 bridgehead atoms. The lowest BCUT2D eigenvalue weighted by atomic mass is 10.2. The van der Waals surface area contributed by atoms with Gasteiger partial charge in [-0.25, -0.2) is 0 Å². The van der Waals surface area contributed by atoms with E-state index in [0.29, 0.717) is 5.52 Å². The summed E-state index contributed by atoms with van der Waals surface area (Å²) in [4.78, 5) is 11.9. The van der Waals surface area contributed by atoms with Crippen LogP contribution >= 0.6 is 0 Å². The van der Waals surface area contributed by atoms with Crippen LogP contribution in [0.1, 0.15) is 0 Å². The van der Waals surface area contributed by atoms with Gasteiger partial charge in [0.2, 0.25) is 0 Å². The molecule has 0 aliphatic carbocycles. The molecule has 3 rings (SSSR count). The Morgan fingerprint density at radius 2 is 1.94 bits per heavy atom. The van der Waals surface area contributed by atoms with Crippen molar-refractivity contribution in [1.29, 1.82) is 0 Å². The van der Waals surface area contributed by atoms with Crippen molar-refractivity contribution in [2.75, 3.05) is 0 Å². The summed E-state index contributed by atoms with van der Waals surface area (Å²) in [5, 5.41) is 10.4. The van der Waals surface area contributed by atoms with Crippen LogP contribution < -0.4 is 5.56 Å². The Morgan fingerprint density at radius 3 is 2.75 bits per heavy atom. The fourth-order valence-corrected chi connectivity index (χ4v) is 1.95. The number of rotatable bonds is 0. The standard InChI is InChI=1S/C12H10N2O2/c1-13-4-5-14-10-7-9(15)3-2-8(10)6-11(14)12(13)16/h2-7,15H,1H3. The van der Waals surface area contributed by atoms with Gasteiger partial charge in [0, 0.05) is 30.9 Å². The number of fused-ring (bicyclic) bond motifs is 3. The van der Waals surface area contributed by atoms with Crippen LogP contribution in [0.25, 0.3) is 16.4 Å². The molecule has 2 aromatic heterocycles. The van der Waals surface area contributed by atoms with Gasteiger partial charge in [0.15, 0.2) is 0 Å². The van der Waals surface area contributed by atoms with E-state index in [-0.39, 0.29) is 11.3 Å². The Labute approximate surface area is 91.0 Å². The Morgan fingerprint density at radius 1 is 1.12 bits per heavy atom. The third-order valence-electron chi connectivity index (χ3n) is 2.80. The van der Waals surface area contributed by atoms with E-state index in [1.807, 2.05) is 12.3 Å². The van der Waals surface area contributed by atoms with Crippen LogP contribution in [0.5, 0.6) is 5.75 Å². The predicted molar refractivity (Wildman–Crippen MR) is 61.8 cm³/mol. The van der Waals surface area contributed by atoms with Gasteiger partial charge in [-0.2, -0.15) is 0 Å². The lowest BCUT2D eigenvalue weighted by molar-refractivity contribution is 0.476. The molecular formula is C12H10N2O2. The molecule has 0 aliphatic heterocycles. The van der Waals surface area contributed by atoms with Crippen molar-refractivity contribution >= 4 is 16.4 Å².